The zero-order valence-corrected chi connectivity index (χ0v) is 26.4. The highest BCUT2D eigenvalue weighted by atomic mass is 32.3. The van der Waals surface area contributed by atoms with E-state index < -0.39 is 10.0 Å². The van der Waals surface area contributed by atoms with Crippen LogP contribution in [-0.4, -0.2) is 30.5 Å². The summed E-state index contributed by atoms with van der Waals surface area (Å²) in [7, 11) is -1.23. The lowest BCUT2D eigenvalue weighted by Gasteiger charge is -2.45. The molecule has 7 aromatic rings. The molecule has 216 valence electrons. The van der Waals surface area contributed by atoms with Crippen LogP contribution < -0.4 is 26.2 Å². The molecular weight excluding hydrogens is 565 g/mol. The minimum Gasteiger partial charge on any atom is -0.311 e. The number of hydrogen-bond donors (Lipinski definition) is 0. The van der Waals surface area contributed by atoms with Crippen LogP contribution in [0.1, 0.15) is 0 Å². The van der Waals surface area contributed by atoms with Crippen LogP contribution in [0, 0.1) is 0 Å². The second-order valence-electron chi connectivity index (χ2n) is 12.7. The molecule has 5 heteroatoms. The van der Waals surface area contributed by atoms with Crippen LogP contribution >= 0.6 is 10.0 Å². The summed E-state index contributed by atoms with van der Waals surface area (Å²) in [5.74, 6) is 0. The van der Waals surface area contributed by atoms with Gasteiger partial charge in [-0.3, -0.25) is 0 Å². The van der Waals surface area contributed by atoms with Crippen molar-refractivity contribution in [3.63, 3.8) is 0 Å². The monoisotopic (exact) mass is 597 g/mol. The Morgan fingerprint density at radius 1 is 0.533 bits per heavy atom. The number of para-hydroxylation sites is 5. The van der Waals surface area contributed by atoms with E-state index in [2.05, 4.69) is 168 Å². The molecule has 0 spiro atoms. The molecule has 0 N–H and O–H groups in total. The van der Waals surface area contributed by atoms with Crippen molar-refractivity contribution in [3.05, 3.63) is 140 Å². The standard InChI is InChI=1S/C40H32BN3S/c1-45(2,3)40-37-30(29-20-10-13-23-33(29)42-40)26-36-38-39(37)44(28-18-8-5-9-19-28)35-25-15-12-22-32(35)41(38)31-21-11-14-24-34(31)43(36)27-16-6-4-7-17-27/h4-26H,1-3H3. The summed E-state index contributed by atoms with van der Waals surface area (Å²) in [6.45, 7) is 0.0843. The van der Waals surface area contributed by atoms with Crippen LogP contribution in [0.3, 0.4) is 0 Å². The number of benzene rings is 6. The Kier molecular flexibility index (Phi) is 5.72. The zero-order valence-electron chi connectivity index (χ0n) is 25.6. The van der Waals surface area contributed by atoms with Crippen molar-refractivity contribution in [1.82, 2.24) is 4.98 Å². The van der Waals surface area contributed by atoms with Gasteiger partial charge in [-0.25, -0.2) is 15.0 Å². The molecule has 0 amide bonds. The Morgan fingerprint density at radius 2 is 1.07 bits per heavy atom. The molecule has 0 aliphatic carbocycles. The molecule has 3 heterocycles. The highest BCUT2D eigenvalue weighted by Gasteiger charge is 2.44. The summed E-state index contributed by atoms with van der Waals surface area (Å²) < 4.78 is 0. The van der Waals surface area contributed by atoms with Crippen LogP contribution in [0.5, 0.6) is 0 Å². The summed E-state index contributed by atoms with van der Waals surface area (Å²) >= 11 is 0. The van der Waals surface area contributed by atoms with Gasteiger partial charge >= 0.3 is 0 Å². The van der Waals surface area contributed by atoms with E-state index in [1.807, 2.05) is 0 Å². The number of hydrogen-bond acceptors (Lipinski definition) is 3. The van der Waals surface area contributed by atoms with E-state index in [-0.39, 0.29) is 6.71 Å². The van der Waals surface area contributed by atoms with Crippen molar-refractivity contribution < 1.29 is 0 Å². The van der Waals surface area contributed by atoms with Gasteiger partial charge in [0, 0.05) is 39.2 Å². The first-order valence-electron chi connectivity index (χ1n) is 15.5. The Labute approximate surface area is 266 Å². The number of aromatic nitrogens is 1. The van der Waals surface area contributed by atoms with Crippen LogP contribution in [0.25, 0.3) is 21.7 Å². The topological polar surface area (TPSA) is 19.4 Å². The van der Waals surface area contributed by atoms with Crippen molar-refractivity contribution in [2.24, 2.45) is 0 Å². The van der Waals surface area contributed by atoms with E-state index in [0.717, 1.165) is 16.9 Å². The van der Waals surface area contributed by atoms with Crippen LogP contribution in [-0.2, 0) is 0 Å². The number of fused-ring (bicyclic) bond motifs is 8. The fraction of sp³-hybridized carbons (Fsp3) is 0.0750. The smallest absolute Gasteiger partial charge is 0.252 e. The van der Waals surface area contributed by atoms with Gasteiger partial charge < -0.3 is 9.80 Å². The number of anilines is 6. The lowest BCUT2D eigenvalue weighted by Crippen LogP contribution is -2.61. The van der Waals surface area contributed by atoms with Crippen LogP contribution in [0.15, 0.2) is 145 Å². The number of rotatable bonds is 3. The third kappa shape index (κ3) is 3.84. The zero-order chi connectivity index (χ0) is 30.3. The Hall–Kier alpha value is -5.00. The van der Waals surface area contributed by atoms with Gasteiger partial charge in [0.15, 0.2) is 0 Å². The Balaban J connectivity index is 1.55. The van der Waals surface area contributed by atoms with Gasteiger partial charge in [-0.2, -0.15) is 0 Å². The molecule has 0 atom stereocenters. The van der Waals surface area contributed by atoms with Crippen LogP contribution in [0.4, 0.5) is 34.1 Å². The van der Waals surface area contributed by atoms with E-state index in [9.17, 15) is 0 Å². The van der Waals surface area contributed by atoms with E-state index >= 15 is 0 Å². The third-order valence-corrected chi connectivity index (χ3v) is 10.7. The molecule has 0 radical (unpaired) electrons. The van der Waals surface area contributed by atoms with Gasteiger partial charge in [-0.15, -0.1) is 0 Å². The first kappa shape index (κ1) is 26.4. The van der Waals surface area contributed by atoms with Gasteiger partial charge in [0.1, 0.15) is 0 Å². The van der Waals surface area contributed by atoms with E-state index in [1.54, 1.807) is 0 Å². The first-order chi connectivity index (χ1) is 22.0. The molecule has 45 heavy (non-hydrogen) atoms. The molecule has 0 saturated carbocycles. The van der Waals surface area contributed by atoms with Gasteiger partial charge in [0.2, 0.25) is 0 Å². The quantitative estimate of drug-likeness (QED) is 0.150. The highest BCUT2D eigenvalue weighted by molar-refractivity contribution is 8.32. The number of pyridine rings is 1. The fourth-order valence-electron chi connectivity index (χ4n) is 7.51. The maximum absolute atomic E-state index is 5.48. The summed E-state index contributed by atoms with van der Waals surface area (Å²) in [6, 6.07) is 50.9. The van der Waals surface area contributed by atoms with E-state index in [0.29, 0.717) is 0 Å². The average molecular weight is 598 g/mol. The first-order valence-corrected chi connectivity index (χ1v) is 18.3. The molecule has 6 aromatic carbocycles. The molecule has 1 aromatic heterocycles. The van der Waals surface area contributed by atoms with Gasteiger partial charge in [-0.1, -0.05) is 91.0 Å². The predicted octanol–water partition coefficient (Wildman–Crippen LogP) is 8.52. The SMILES string of the molecule is CS(C)(C)c1nc2ccccc2c2cc3c4c(c12)N(c1ccccc1)c1ccccc1B4c1ccccc1N3c1ccccc1. The number of nitrogens with zero attached hydrogens (tertiary/aromatic N) is 3. The summed E-state index contributed by atoms with van der Waals surface area (Å²) in [5.41, 5.74) is 12.3. The second-order valence-corrected chi connectivity index (χ2v) is 16.8. The molecule has 9 rings (SSSR count). The Bertz CT molecular complexity index is 2270. The van der Waals surface area contributed by atoms with Crippen molar-refractivity contribution in [2.45, 2.75) is 5.03 Å². The molecule has 0 unspecified atom stereocenters. The molecule has 2 aliphatic heterocycles. The highest BCUT2D eigenvalue weighted by Crippen LogP contribution is 2.54. The van der Waals surface area contributed by atoms with Gasteiger partial charge in [0.05, 0.1) is 16.2 Å². The summed E-state index contributed by atoms with van der Waals surface area (Å²) in [5, 5.41) is 4.92. The minimum atomic E-state index is -1.23. The molecule has 0 bridgehead atoms. The van der Waals surface area contributed by atoms with Crippen molar-refractivity contribution >= 4 is 88.9 Å². The normalized spacial score (nSPS) is 13.9. The van der Waals surface area contributed by atoms with E-state index in [1.165, 1.54) is 60.3 Å². The van der Waals surface area contributed by atoms with E-state index in [4.69, 9.17) is 4.98 Å². The van der Waals surface area contributed by atoms with Gasteiger partial charge in [-0.05, 0) is 89.1 Å². The molecule has 0 fully saturated rings. The summed E-state index contributed by atoms with van der Waals surface area (Å²) in [6.07, 6.45) is 7.13. The summed E-state index contributed by atoms with van der Waals surface area (Å²) in [4.78, 5) is 10.5. The fourth-order valence-corrected chi connectivity index (χ4v) is 8.70. The second kappa shape index (κ2) is 9.75. The van der Waals surface area contributed by atoms with Crippen LogP contribution in [0.2, 0.25) is 0 Å². The Morgan fingerprint density at radius 3 is 1.71 bits per heavy atom. The largest absolute Gasteiger partial charge is 0.311 e. The van der Waals surface area contributed by atoms with Crippen molar-refractivity contribution in [3.8, 4) is 0 Å². The third-order valence-electron chi connectivity index (χ3n) is 9.29. The maximum Gasteiger partial charge on any atom is 0.252 e. The van der Waals surface area contributed by atoms with Crippen molar-refractivity contribution in [2.75, 3.05) is 28.6 Å². The molecule has 3 nitrogen and oxygen atoms in total. The van der Waals surface area contributed by atoms with Gasteiger partial charge in [0.25, 0.3) is 6.71 Å². The lowest BCUT2D eigenvalue weighted by molar-refractivity contribution is 1.20. The molecule has 2 aliphatic rings. The maximum atomic E-state index is 5.48. The predicted molar refractivity (Wildman–Crippen MR) is 197 cm³/mol. The minimum absolute atomic E-state index is 0.0843. The van der Waals surface area contributed by atoms with Crippen molar-refractivity contribution in [1.29, 1.82) is 0 Å². The molecule has 0 saturated heterocycles. The average Bonchev–Trinajstić information content (AvgIpc) is 3.08. The lowest BCUT2D eigenvalue weighted by atomic mass is 9.33. The molecular formula is C40H32BN3S.